The van der Waals surface area contributed by atoms with E-state index in [1.165, 1.54) is 0 Å². The van der Waals surface area contributed by atoms with Gasteiger partial charge in [0.1, 0.15) is 0 Å². The molecular weight excluding hydrogens is 484 g/mol. The average molecular weight is 501 g/mol. The summed E-state index contributed by atoms with van der Waals surface area (Å²) < 4.78 is 0. The van der Waals surface area contributed by atoms with Crippen molar-refractivity contribution in [2.45, 2.75) is 0 Å². The highest BCUT2D eigenvalue weighted by Crippen LogP contribution is 2.18. The molecule has 0 saturated heterocycles. The fraction of sp³-hybridized carbons (Fsp3) is 0. The molecule has 8 nitrogen and oxygen atoms in total. The summed E-state index contributed by atoms with van der Waals surface area (Å²) in [5.74, 6) is 0. The van der Waals surface area contributed by atoms with Crippen molar-refractivity contribution in [3.63, 3.8) is 0 Å². The van der Waals surface area contributed by atoms with Crippen LogP contribution in [-0.4, -0.2) is 32.4 Å². The fourth-order valence-corrected chi connectivity index (χ4v) is 9.02. The molecule has 0 fully saturated rings. The van der Waals surface area contributed by atoms with Crippen LogP contribution in [0.5, 0.6) is 0 Å². The van der Waals surface area contributed by atoms with Crippen molar-refractivity contribution in [1.29, 1.82) is 0 Å². The van der Waals surface area contributed by atoms with Gasteiger partial charge in [0, 0.05) is 0 Å². The topological polar surface area (TPSA) is 118 Å². The number of isocyanates is 4. The number of rotatable bonds is 8. The first-order valence-corrected chi connectivity index (χ1v) is 12.9. The van der Waals surface area contributed by atoms with Crippen LogP contribution in [0, 0.1) is 0 Å². The Morgan fingerprint density at radius 1 is 0.351 bits per heavy atom. The quantitative estimate of drug-likeness (QED) is 0.160. The normalized spacial score (nSPS) is 11.5. The van der Waals surface area contributed by atoms with E-state index in [9.17, 15) is 19.2 Å². The Morgan fingerprint density at radius 3 is 0.703 bits per heavy atom. The lowest BCUT2D eigenvalue weighted by Gasteiger charge is -2.34. The highest BCUT2D eigenvalue weighted by molar-refractivity contribution is 7.19. The predicted molar refractivity (Wildman–Crippen MR) is 141 cm³/mol. The molecule has 4 aromatic rings. The second kappa shape index (κ2) is 11.4. The van der Waals surface area contributed by atoms with Crippen molar-refractivity contribution in [3.8, 4) is 0 Å². The van der Waals surface area contributed by atoms with E-state index < -0.39 is 8.07 Å². The molecule has 4 rings (SSSR count). The minimum Gasteiger partial charge on any atom is -0.211 e. The van der Waals surface area contributed by atoms with E-state index in [0.717, 1.165) is 20.7 Å². The maximum Gasteiger partial charge on any atom is 0.240 e. The van der Waals surface area contributed by atoms with Crippen LogP contribution in [0.1, 0.15) is 0 Å². The summed E-state index contributed by atoms with van der Waals surface area (Å²) in [6.45, 7) is 0. The second-order valence-electron chi connectivity index (χ2n) is 7.75. The Kier molecular flexibility index (Phi) is 7.60. The Bertz CT molecular complexity index is 1360. The summed E-state index contributed by atoms with van der Waals surface area (Å²) in [6.07, 6.45) is 6.21. The van der Waals surface area contributed by atoms with Crippen molar-refractivity contribution in [1.82, 2.24) is 0 Å². The molecule has 9 heteroatoms. The molecular formula is C28H16N4O4Si. The van der Waals surface area contributed by atoms with E-state index in [0.29, 0.717) is 22.7 Å². The van der Waals surface area contributed by atoms with Gasteiger partial charge in [-0.25, -0.2) is 19.2 Å². The molecule has 37 heavy (non-hydrogen) atoms. The van der Waals surface area contributed by atoms with Gasteiger partial charge in [-0.15, -0.1) is 0 Å². The first-order valence-electron chi connectivity index (χ1n) is 10.9. The molecule has 0 unspecified atom stereocenters. The summed E-state index contributed by atoms with van der Waals surface area (Å²) in [4.78, 5) is 58.0. The molecule has 4 aromatic carbocycles. The molecule has 0 amide bonds. The van der Waals surface area contributed by atoms with Gasteiger partial charge in [-0.2, -0.15) is 20.0 Å². The number of nitrogens with zero attached hydrogens (tertiary/aromatic N) is 4. The van der Waals surface area contributed by atoms with E-state index in [4.69, 9.17) is 0 Å². The summed E-state index contributed by atoms with van der Waals surface area (Å²) in [5, 5.41) is 3.84. The largest absolute Gasteiger partial charge is 0.240 e. The number of aliphatic imine (C=N–C) groups is 4. The van der Waals surface area contributed by atoms with Crippen LogP contribution >= 0.6 is 0 Å². The van der Waals surface area contributed by atoms with Gasteiger partial charge in [0.05, 0.1) is 22.7 Å². The third-order valence-electron chi connectivity index (χ3n) is 5.90. The van der Waals surface area contributed by atoms with Crippen molar-refractivity contribution < 1.29 is 19.2 Å². The van der Waals surface area contributed by atoms with Crippen LogP contribution in [0.15, 0.2) is 117 Å². The summed E-state index contributed by atoms with van der Waals surface area (Å²) in [5.41, 5.74) is 1.85. The van der Waals surface area contributed by atoms with E-state index >= 15 is 0 Å². The molecule has 176 valence electrons. The number of benzene rings is 4. The average Bonchev–Trinajstić information content (AvgIpc) is 2.93. The van der Waals surface area contributed by atoms with Gasteiger partial charge >= 0.3 is 0 Å². The molecule has 0 saturated carbocycles. The lowest BCUT2D eigenvalue weighted by atomic mass is 10.3. The Morgan fingerprint density at radius 2 is 0.541 bits per heavy atom. The number of hydrogen-bond acceptors (Lipinski definition) is 8. The van der Waals surface area contributed by atoms with Gasteiger partial charge < -0.3 is 0 Å². The molecule has 0 aliphatic carbocycles. The van der Waals surface area contributed by atoms with Crippen molar-refractivity contribution in [3.05, 3.63) is 97.1 Å². The predicted octanol–water partition coefficient (Wildman–Crippen LogP) is 2.93. The third kappa shape index (κ3) is 5.03. The zero-order valence-electron chi connectivity index (χ0n) is 19.2. The first kappa shape index (κ1) is 24.7. The van der Waals surface area contributed by atoms with Crippen LogP contribution in [0.3, 0.4) is 0 Å². The van der Waals surface area contributed by atoms with E-state index in [2.05, 4.69) is 20.0 Å². The third-order valence-corrected chi connectivity index (χ3v) is 10.7. The zero-order valence-corrected chi connectivity index (χ0v) is 20.2. The summed E-state index contributed by atoms with van der Waals surface area (Å²) in [7, 11) is -3.04. The van der Waals surface area contributed by atoms with E-state index in [1.54, 1.807) is 72.9 Å². The van der Waals surface area contributed by atoms with Crippen molar-refractivity contribution in [2.24, 2.45) is 20.0 Å². The fourth-order valence-electron chi connectivity index (χ4n) is 4.35. The zero-order chi connectivity index (χ0) is 26.1. The van der Waals surface area contributed by atoms with Gasteiger partial charge in [0.2, 0.25) is 24.3 Å². The standard InChI is InChI=1S/C28H16N4O4Si/c33-17-29-21-1-9-25(10-2-21)37(26-11-3-22(4-12-26)30-18-34,27-13-5-23(6-14-27)31-19-35)28-15-7-24(8-16-28)32-20-36/h1-16H. The number of hydrogen-bond donors (Lipinski definition) is 0. The summed E-state index contributed by atoms with van der Waals surface area (Å²) in [6, 6.07) is 29.2. The monoisotopic (exact) mass is 500 g/mol. The van der Waals surface area contributed by atoms with E-state index in [1.807, 2.05) is 48.5 Å². The van der Waals surface area contributed by atoms with Gasteiger partial charge in [-0.05, 0) is 69.3 Å². The molecule has 0 aliphatic heterocycles. The molecule has 0 aromatic heterocycles. The smallest absolute Gasteiger partial charge is 0.211 e. The van der Waals surface area contributed by atoms with Crippen LogP contribution in [0.2, 0.25) is 0 Å². The van der Waals surface area contributed by atoms with Gasteiger partial charge in [0.25, 0.3) is 0 Å². The molecule has 0 radical (unpaired) electrons. The maximum atomic E-state index is 10.8. The van der Waals surface area contributed by atoms with Gasteiger partial charge in [-0.3, -0.25) is 0 Å². The Labute approximate surface area is 212 Å². The molecule has 0 spiro atoms. The minimum absolute atomic E-state index is 0.462. The molecule has 0 heterocycles. The SMILES string of the molecule is O=C=Nc1ccc([Si](c2ccc(N=C=O)cc2)(c2ccc(N=C=O)cc2)c2ccc(N=C=O)cc2)cc1. The highest BCUT2D eigenvalue weighted by atomic mass is 28.3. The van der Waals surface area contributed by atoms with Crippen LogP contribution in [0.25, 0.3) is 0 Å². The first-order chi connectivity index (χ1) is 18.1. The second-order valence-corrected chi connectivity index (χ2v) is 11.6. The van der Waals surface area contributed by atoms with E-state index in [-0.39, 0.29) is 0 Å². The highest BCUT2D eigenvalue weighted by Gasteiger charge is 2.41. The molecule has 0 aliphatic rings. The van der Waals surface area contributed by atoms with Crippen LogP contribution in [-0.2, 0) is 19.2 Å². The minimum atomic E-state index is -3.04. The Balaban J connectivity index is 2.08. The van der Waals surface area contributed by atoms with Gasteiger partial charge in [0.15, 0.2) is 8.07 Å². The summed E-state index contributed by atoms with van der Waals surface area (Å²) >= 11 is 0. The lowest BCUT2D eigenvalue weighted by Crippen LogP contribution is -2.74. The Hall–Kier alpha value is -5.38. The van der Waals surface area contributed by atoms with Gasteiger partial charge in [-0.1, -0.05) is 48.5 Å². The number of carbonyl (C=O) groups excluding carboxylic acids is 4. The molecule has 0 atom stereocenters. The molecule has 0 bridgehead atoms. The van der Waals surface area contributed by atoms with Crippen molar-refractivity contribution >= 4 is 75.9 Å². The maximum absolute atomic E-state index is 10.8. The van der Waals surface area contributed by atoms with Crippen LogP contribution < -0.4 is 20.7 Å². The van der Waals surface area contributed by atoms with Crippen molar-refractivity contribution in [2.75, 3.05) is 0 Å². The van der Waals surface area contributed by atoms with Crippen LogP contribution in [0.4, 0.5) is 22.7 Å². The lowest BCUT2D eigenvalue weighted by molar-refractivity contribution is 0.564. The molecule has 0 N–H and O–H groups in total.